The van der Waals surface area contributed by atoms with Gasteiger partial charge in [-0.25, -0.2) is 4.79 Å². The molecule has 0 aliphatic carbocycles. The highest BCUT2D eigenvalue weighted by atomic mass is 16.8. The number of rotatable bonds is 11. The second-order valence-electron chi connectivity index (χ2n) is 9.51. The summed E-state index contributed by atoms with van der Waals surface area (Å²) in [6.07, 6.45) is -5.09. The van der Waals surface area contributed by atoms with Crippen molar-refractivity contribution in [3.63, 3.8) is 0 Å². The highest BCUT2D eigenvalue weighted by molar-refractivity contribution is 5.69. The van der Waals surface area contributed by atoms with Crippen molar-refractivity contribution in [1.82, 2.24) is 5.32 Å². The number of carbonyl (C=O) groups is 4. The fourth-order valence-electron chi connectivity index (χ4n) is 4.42. The van der Waals surface area contributed by atoms with Gasteiger partial charge >= 0.3 is 24.0 Å². The number of alkyl carbamates (subject to hydrolysis) is 1. The van der Waals surface area contributed by atoms with Gasteiger partial charge in [-0.3, -0.25) is 14.4 Å². The standard InChI is InChI=1S/C26H35NO11/c1-15(28)32-13-9-12-19(27-25(31)33-14-18-10-7-6-8-11-18)20(34-16(2)29)21-22(35-17(3)30)23-24(36-21)38-26(4,5)37-23/h6-8,10-11,19-24H,9,12-14H2,1-5H3,(H,27,31)/t19-,20-,21+,22-,23+,24+/m0/s1. The van der Waals surface area contributed by atoms with Crippen LogP contribution in [0.2, 0.25) is 0 Å². The highest BCUT2D eigenvalue weighted by Gasteiger charge is 2.60. The largest absolute Gasteiger partial charge is 0.466 e. The third-order valence-corrected chi connectivity index (χ3v) is 5.83. The third kappa shape index (κ3) is 8.40. The highest BCUT2D eigenvalue weighted by Crippen LogP contribution is 2.41. The van der Waals surface area contributed by atoms with Gasteiger partial charge in [-0.05, 0) is 32.3 Å². The van der Waals surface area contributed by atoms with E-state index >= 15 is 0 Å². The van der Waals surface area contributed by atoms with Crippen molar-refractivity contribution in [3.8, 4) is 0 Å². The average molecular weight is 538 g/mol. The van der Waals surface area contributed by atoms with E-state index in [1.807, 2.05) is 30.3 Å². The maximum atomic E-state index is 12.8. The molecule has 0 unspecified atom stereocenters. The molecular weight excluding hydrogens is 502 g/mol. The zero-order valence-corrected chi connectivity index (χ0v) is 22.2. The second-order valence-corrected chi connectivity index (χ2v) is 9.51. The van der Waals surface area contributed by atoms with Crippen molar-refractivity contribution < 1.29 is 52.3 Å². The summed E-state index contributed by atoms with van der Waals surface area (Å²) in [7, 11) is 0. The Morgan fingerprint density at radius 3 is 2.32 bits per heavy atom. The number of hydrogen-bond acceptors (Lipinski definition) is 11. The van der Waals surface area contributed by atoms with Crippen LogP contribution >= 0.6 is 0 Å². The summed E-state index contributed by atoms with van der Waals surface area (Å²) in [5.74, 6) is -2.69. The smallest absolute Gasteiger partial charge is 0.407 e. The first-order valence-electron chi connectivity index (χ1n) is 12.4. The fraction of sp³-hybridized carbons (Fsp3) is 0.615. The van der Waals surface area contributed by atoms with Gasteiger partial charge < -0.3 is 38.5 Å². The van der Waals surface area contributed by atoms with Crippen LogP contribution in [0.25, 0.3) is 0 Å². The quantitative estimate of drug-likeness (QED) is 0.252. The summed E-state index contributed by atoms with van der Waals surface area (Å²) in [6.45, 7) is 7.21. The van der Waals surface area contributed by atoms with Crippen LogP contribution in [0, 0.1) is 0 Å². The molecule has 2 aliphatic heterocycles. The van der Waals surface area contributed by atoms with Crippen LogP contribution in [0.3, 0.4) is 0 Å². The molecule has 2 saturated heterocycles. The fourth-order valence-corrected chi connectivity index (χ4v) is 4.42. The van der Waals surface area contributed by atoms with Crippen molar-refractivity contribution in [2.75, 3.05) is 6.61 Å². The molecule has 12 heteroatoms. The molecule has 38 heavy (non-hydrogen) atoms. The molecule has 0 spiro atoms. The Balaban J connectivity index is 1.81. The van der Waals surface area contributed by atoms with Gasteiger partial charge in [0.05, 0.1) is 12.6 Å². The molecular formula is C26H35NO11. The molecule has 2 aliphatic rings. The SMILES string of the molecule is CC(=O)OCCC[C@H](NC(=O)OCc1ccccc1)[C@H](OC(C)=O)[C@H]1O[C@@H]2OC(C)(C)O[C@@H]2[C@H]1OC(C)=O. The Bertz CT molecular complexity index is 983. The van der Waals surface area contributed by atoms with Crippen LogP contribution in [0.5, 0.6) is 0 Å². The molecule has 0 saturated carbocycles. The van der Waals surface area contributed by atoms with Crippen LogP contribution in [0.1, 0.15) is 53.0 Å². The van der Waals surface area contributed by atoms with Crippen LogP contribution in [-0.2, 0) is 54.1 Å². The lowest BCUT2D eigenvalue weighted by atomic mass is 9.96. The van der Waals surface area contributed by atoms with Gasteiger partial charge in [0.1, 0.15) is 12.7 Å². The van der Waals surface area contributed by atoms with Gasteiger partial charge in [0, 0.05) is 20.8 Å². The summed E-state index contributed by atoms with van der Waals surface area (Å²) >= 11 is 0. The molecule has 0 radical (unpaired) electrons. The number of hydrogen-bond donors (Lipinski definition) is 1. The van der Waals surface area contributed by atoms with Gasteiger partial charge in [0.15, 0.2) is 30.4 Å². The molecule has 0 bridgehead atoms. The van der Waals surface area contributed by atoms with E-state index in [0.29, 0.717) is 6.42 Å². The van der Waals surface area contributed by atoms with Crippen molar-refractivity contribution in [3.05, 3.63) is 35.9 Å². The molecule has 1 aromatic rings. The molecule has 210 valence electrons. The summed E-state index contributed by atoms with van der Waals surface area (Å²) in [5.41, 5.74) is 0.782. The molecule has 6 atom stereocenters. The molecule has 2 fully saturated rings. The lowest BCUT2D eigenvalue weighted by Gasteiger charge is -2.34. The summed E-state index contributed by atoms with van der Waals surface area (Å²) in [4.78, 5) is 48.1. The van der Waals surface area contributed by atoms with Gasteiger partial charge in [-0.1, -0.05) is 30.3 Å². The first-order chi connectivity index (χ1) is 17.9. The van der Waals surface area contributed by atoms with Gasteiger partial charge in [0.2, 0.25) is 0 Å². The Morgan fingerprint density at radius 1 is 0.974 bits per heavy atom. The van der Waals surface area contributed by atoms with E-state index in [1.165, 1.54) is 20.8 Å². The number of esters is 3. The van der Waals surface area contributed by atoms with Gasteiger partial charge in [-0.15, -0.1) is 0 Å². The Kier molecular flexibility index (Phi) is 10.1. The van der Waals surface area contributed by atoms with Crippen molar-refractivity contribution in [1.29, 1.82) is 0 Å². The Morgan fingerprint density at radius 2 is 1.68 bits per heavy atom. The van der Waals surface area contributed by atoms with E-state index in [0.717, 1.165) is 5.56 Å². The number of benzene rings is 1. The minimum Gasteiger partial charge on any atom is -0.466 e. The zero-order valence-electron chi connectivity index (χ0n) is 22.2. The van der Waals surface area contributed by atoms with Crippen LogP contribution in [0.15, 0.2) is 30.3 Å². The summed E-state index contributed by atoms with van der Waals surface area (Å²) in [5, 5.41) is 2.73. The molecule has 1 N–H and O–H groups in total. The first-order valence-corrected chi connectivity index (χ1v) is 12.4. The van der Waals surface area contributed by atoms with E-state index in [9.17, 15) is 19.2 Å². The van der Waals surface area contributed by atoms with Crippen LogP contribution in [0.4, 0.5) is 4.79 Å². The maximum absolute atomic E-state index is 12.8. The minimum absolute atomic E-state index is 0.0159. The normalized spacial score (nSPS) is 25.0. The van der Waals surface area contributed by atoms with Crippen molar-refractivity contribution >= 4 is 24.0 Å². The van der Waals surface area contributed by atoms with E-state index in [2.05, 4.69) is 5.32 Å². The molecule has 0 aromatic heterocycles. The lowest BCUT2D eigenvalue weighted by Crippen LogP contribution is -2.55. The average Bonchev–Trinajstić information content (AvgIpc) is 3.30. The molecule has 3 rings (SSSR count). The molecule has 12 nitrogen and oxygen atoms in total. The Hall–Kier alpha value is -3.22. The molecule has 2 heterocycles. The Labute approximate surface area is 221 Å². The number of nitrogens with one attached hydrogen (secondary N) is 1. The van der Waals surface area contributed by atoms with Crippen LogP contribution < -0.4 is 5.32 Å². The van der Waals surface area contributed by atoms with Crippen molar-refractivity contribution in [2.45, 2.75) is 96.6 Å². The predicted molar refractivity (Wildman–Crippen MR) is 129 cm³/mol. The monoisotopic (exact) mass is 537 g/mol. The summed E-state index contributed by atoms with van der Waals surface area (Å²) in [6, 6.07) is 8.23. The second kappa shape index (κ2) is 13.0. The van der Waals surface area contributed by atoms with E-state index in [4.69, 9.17) is 33.2 Å². The molecule has 1 amide bonds. The predicted octanol–water partition coefficient (Wildman–Crippen LogP) is 2.36. The van der Waals surface area contributed by atoms with Crippen LogP contribution in [-0.4, -0.2) is 73.1 Å². The zero-order chi connectivity index (χ0) is 27.9. The summed E-state index contributed by atoms with van der Waals surface area (Å²) < 4.78 is 39.3. The number of amides is 1. The number of ether oxygens (including phenoxy) is 7. The van der Waals surface area contributed by atoms with E-state index < -0.39 is 66.5 Å². The molecule has 1 aromatic carbocycles. The lowest BCUT2D eigenvalue weighted by molar-refractivity contribution is -0.233. The third-order valence-electron chi connectivity index (χ3n) is 5.83. The number of carbonyl (C=O) groups excluding carboxylic acids is 4. The first kappa shape index (κ1) is 29.3. The topological polar surface area (TPSA) is 145 Å². The van der Waals surface area contributed by atoms with Gasteiger partial charge in [0.25, 0.3) is 0 Å². The number of fused-ring (bicyclic) bond motifs is 1. The van der Waals surface area contributed by atoms with E-state index in [-0.39, 0.29) is 19.6 Å². The van der Waals surface area contributed by atoms with E-state index in [1.54, 1.807) is 13.8 Å². The van der Waals surface area contributed by atoms with Gasteiger partial charge in [-0.2, -0.15) is 0 Å². The minimum atomic E-state index is -1.13. The maximum Gasteiger partial charge on any atom is 0.407 e. The van der Waals surface area contributed by atoms with Crippen molar-refractivity contribution in [2.24, 2.45) is 0 Å².